The van der Waals surface area contributed by atoms with Crippen LogP contribution in [0.25, 0.3) is 44.5 Å². The number of alkyl halides is 2. The molecule has 0 aromatic heterocycles. The second-order valence-corrected chi connectivity index (χ2v) is 25.9. The fraction of sp³-hybridized carbons (Fsp3) is 0.300. The van der Waals surface area contributed by atoms with Crippen molar-refractivity contribution in [3.8, 4) is 67.5 Å². The molecule has 6 N–H and O–H groups in total. The lowest BCUT2D eigenvalue weighted by Crippen LogP contribution is -2.20. The Morgan fingerprint density at radius 2 is 0.552 bits per heavy atom. The normalized spacial score (nSPS) is 14.2. The van der Waals surface area contributed by atoms with E-state index >= 15 is 0 Å². The van der Waals surface area contributed by atoms with Gasteiger partial charge in [0.15, 0.2) is 0 Å². The van der Waals surface area contributed by atoms with Gasteiger partial charge in [-0.3, -0.25) is 0 Å². The van der Waals surface area contributed by atoms with Crippen molar-refractivity contribution in [3.05, 3.63) is 264 Å². The summed E-state index contributed by atoms with van der Waals surface area (Å²) in [4.78, 5) is 0. The van der Waals surface area contributed by atoms with Crippen LogP contribution < -0.4 is 18.9 Å². The van der Waals surface area contributed by atoms with Crippen LogP contribution in [0.5, 0.6) is 23.0 Å². The minimum Gasteiger partial charge on any atom is -0.497 e. The Balaban J connectivity index is -0.0000000957. The Bertz CT molecular complexity index is 3580. The monoisotopic (exact) mass is 1470 g/mol. The maximum Gasteiger partial charge on any atom is 0.131 e. The van der Waals surface area contributed by atoms with E-state index in [1.807, 2.05) is 79.7 Å². The van der Waals surface area contributed by atoms with Crippen LogP contribution in [0.1, 0.15) is 179 Å². The number of hydrogen-bond acceptors (Lipinski definition) is 10. The molecule has 0 aliphatic rings. The Kier molecular flexibility index (Phi) is 19.9. The lowest BCUT2D eigenvalue weighted by Gasteiger charge is -2.29. The van der Waals surface area contributed by atoms with Gasteiger partial charge in [-0.1, -0.05) is 152 Å². The Morgan fingerprint density at radius 1 is 0.354 bits per heavy atom. The van der Waals surface area contributed by atoms with Crippen LogP contribution in [0, 0.1) is 44.9 Å². The summed E-state index contributed by atoms with van der Waals surface area (Å²) in [6.07, 6.45) is 3.21. The topological polar surface area (TPSA) is 158 Å². The van der Waals surface area contributed by atoms with Gasteiger partial charge in [0.05, 0.1) is 66.1 Å². The van der Waals surface area contributed by atoms with Gasteiger partial charge in [0.2, 0.25) is 0 Å². The van der Waals surface area contributed by atoms with E-state index in [2.05, 4.69) is 26.3 Å². The molecule has 0 fully saturated rings. The van der Waals surface area contributed by atoms with Gasteiger partial charge < -0.3 is 49.6 Å². The third-order valence-corrected chi connectivity index (χ3v) is 17.7. The summed E-state index contributed by atoms with van der Waals surface area (Å²) < 4.78 is 258. The van der Waals surface area contributed by atoms with Crippen molar-refractivity contribution in [2.45, 2.75) is 105 Å². The molecule has 0 spiro atoms. The van der Waals surface area contributed by atoms with Crippen LogP contribution in [0.15, 0.2) is 196 Å². The molecule has 0 bridgehead atoms. The maximum absolute atomic E-state index is 14.4. The summed E-state index contributed by atoms with van der Waals surface area (Å²) in [6.45, 7) is 29.7. The van der Waals surface area contributed by atoms with Crippen LogP contribution in [-0.4, -0.2) is 59.1 Å². The summed E-state index contributed by atoms with van der Waals surface area (Å²) in [6, 6.07) is 39.2. The van der Waals surface area contributed by atoms with E-state index in [9.17, 15) is 48.2 Å². The average Bonchev–Trinajstić information content (AvgIpc) is 0.801. The molecule has 4 atom stereocenters. The second-order valence-electron chi connectivity index (χ2n) is 25.4. The predicted molar refractivity (Wildman–Crippen MR) is 420 cm³/mol. The molecule has 0 saturated carbocycles. The first-order valence-electron chi connectivity index (χ1n) is 48.8. The summed E-state index contributed by atoms with van der Waals surface area (Å²) in [7, 11) is 6.10. The van der Waals surface area contributed by atoms with Crippen molar-refractivity contribution in [1.29, 1.82) is 0 Å². The molecule has 0 aliphatic heterocycles. The standard InChI is InChI=1S/2C20H22ClFO2.2C20H23FO3.19H2/c2*1-5-20(2,3)19(23)17-10-13(12-21)6-8-15(17)16-11-14(24-4)7-9-18(16)22;2*1-5-20(2,3)19(23)17-10-13(12-22)6-8-15(17)16-11-14(24-4)7-9-18(16)21;;;;;;;;;;;;;;;;;;;/h2*5-11,19,23H,1,12H2,2-4H3;2*5-11,19,22-23H,1,12H2,2-4H3;19*1H/t4*19-;;;;;;;;;;;;;;;;;;;/m1010.................../s1/i;;;;18*1+2T;1+2. The maximum atomic E-state index is 14.4. The molecule has 0 saturated heterocycles. The Labute approximate surface area is 630 Å². The number of ether oxygens (including phenoxy) is 4. The van der Waals surface area contributed by atoms with Gasteiger partial charge in [-0.25, -0.2) is 17.6 Å². The molecule has 0 heterocycles. The van der Waals surface area contributed by atoms with E-state index in [1.54, 1.807) is 121 Å². The van der Waals surface area contributed by atoms with Gasteiger partial charge in [-0.15, -0.1) is 49.5 Å². The van der Waals surface area contributed by atoms with E-state index in [0.717, 1.165) is 11.1 Å². The highest BCUT2D eigenvalue weighted by atomic mass is 35.5. The molecule has 8 aromatic rings. The zero-order valence-electron chi connectivity index (χ0n) is 92.7. The number of aliphatic hydroxyl groups is 6. The number of hydrogen-bond donors (Lipinski definition) is 6. The first kappa shape index (κ1) is 55.0. The molecule has 0 aliphatic carbocycles. The summed E-state index contributed by atoms with van der Waals surface area (Å²) in [5.41, 5.74) is 6.74. The second kappa shape index (κ2) is 34.8. The van der Waals surface area contributed by atoms with E-state index in [1.165, 1.54) is 52.7 Å². The molecular formula is C80H128Cl2F4O10. The number of rotatable bonds is 24. The van der Waals surface area contributed by atoms with Crippen molar-refractivity contribution in [3.63, 3.8) is 0 Å². The van der Waals surface area contributed by atoms with Gasteiger partial charge in [0.1, 0.15) is 46.3 Å². The minimum absolute atomic E-state index is 0. The highest BCUT2D eigenvalue weighted by Gasteiger charge is 2.33. The fourth-order valence-electron chi connectivity index (χ4n) is 10.1. The third kappa shape index (κ3) is 19.2. The molecule has 96 heavy (non-hydrogen) atoms. The average molecular weight is 1470 g/mol. The van der Waals surface area contributed by atoms with Crippen LogP contribution in [0.4, 0.5) is 17.6 Å². The first-order valence-corrected chi connectivity index (χ1v) is 31.9. The van der Waals surface area contributed by atoms with Crippen molar-refractivity contribution in [2.24, 2.45) is 21.7 Å². The van der Waals surface area contributed by atoms with Gasteiger partial charge in [0, 0.05) is 111 Å². The van der Waals surface area contributed by atoms with Gasteiger partial charge in [-0.05, 0) is 140 Å². The van der Waals surface area contributed by atoms with Gasteiger partial charge >= 0.3 is 0 Å². The molecule has 0 unspecified atom stereocenters. The zero-order valence-corrected chi connectivity index (χ0v) is 58.2. The van der Waals surface area contributed by atoms with E-state index in [0.29, 0.717) is 113 Å². The Morgan fingerprint density at radius 3 is 0.729 bits per heavy atom. The molecule has 16 heteroatoms. The van der Waals surface area contributed by atoms with Crippen molar-refractivity contribution in [1.82, 2.24) is 0 Å². The summed E-state index contributed by atoms with van der Waals surface area (Å²) >= 11 is 11.9. The van der Waals surface area contributed by atoms with E-state index in [-0.39, 0.29) is 26.3 Å². The molecule has 0 amide bonds. The number of aliphatic hydroxyl groups excluding tert-OH is 6. The van der Waals surface area contributed by atoms with Crippen LogP contribution in [-0.2, 0) is 25.0 Å². The van der Waals surface area contributed by atoms with Crippen LogP contribution >= 0.6 is 23.2 Å². The molecule has 8 aromatic carbocycles. The minimum atomic E-state index is -0.901. The highest BCUT2D eigenvalue weighted by Crippen LogP contribution is 2.46. The first-order chi connectivity index (χ1) is 63.3. The summed E-state index contributed by atoms with van der Waals surface area (Å²) in [5.74, 6) is 1.23. The number of methoxy groups -OCH3 is 4. The molecule has 8 rings (SSSR count). The fourth-order valence-corrected chi connectivity index (χ4v) is 10.4. The lowest BCUT2D eigenvalue weighted by atomic mass is 9.79. The SMILES string of the molecule is C=CC(C)(C)[C@@H](O)c1cc(CCl)ccc1-c1cc(OC)ccc1F.C=CC(C)(C)[C@@H](O)c1cc(CO)ccc1-c1cc(OC)ccc1F.C=CC(C)(C)[C@H](O)c1cc(CCl)ccc1-c1cc(OC)ccc1F.C=CC(C)(C)[C@H](O)c1cc(CO)ccc1-c1cc(OC)ccc1F.[3HH].[3H][3H].[3H][3H].[3H][3H].[3H][3H].[3H][3H].[3H][3H].[3H][3H].[3H][3H].[3H][3H].[3H][3H].[3H][3H].[3H][3H].[3H][3H].[3H][3H].[3H][3H].[3H][3H].[3H][3H].[3H][3H]. The van der Waals surface area contributed by atoms with Gasteiger partial charge in [0.25, 0.3) is 0 Å². The van der Waals surface area contributed by atoms with Crippen molar-refractivity contribution < 1.29 is 122 Å². The third-order valence-electron chi connectivity index (χ3n) is 17.1. The lowest BCUT2D eigenvalue weighted by molar-refractivity contribution is 0.0825. The molecule has 0 radical (unpaired) electrons. The van der Waals surface area contributed by atoms with Crippen molar-refractivity contribution in [2.75, 3.05) is 28.4 Å². The van der Waals surface area contributed by atoms with E-state index in [4.69, 9.17) is 95.6 Å². The molecule has 10 nitrogen and oxygen atoms in total. The zero-order chi connectivity index (χ0) is 108. The molecule has 550 valence electrons. The smallest absolute Gasteiger partial charge is 0.131 e. The van der Waals surface area contributed by atoms with Crippen molar-refractivity contribution >= 4 is 23.2 Å². The quantitative estimate of drug-likeness (QED) is 0.0195. The largest absolute Gasteiger partial charge is 0.497 e. The Hall–Kier alpha value is -8.02. The van der Waals surface area contributed by atoms with Gasteiger partial charge in [-0.2, -0.15) is 0 Å². The highest BCUT2D eigenvalue weighted by molar-refractivity contribution is 6.17. The van der Waals surface area contributed by atoms with Crippen LogP contribution in [0.3, 0.4) is 0 Å². The summed E-state index contributed by atoms with van der Waals surface area (Å²) in [5, 5.41) is 62.2. The van der Waals surface area contributed by atoms with Crippen LogP contribution in [0.2, 0.25) is 0 Å². The predicted octanol–water partition coefficient (Wildman–Crippen LogP) is 24.1. The number of halogens is 6. The molecular weight excluding hydrogens is 1270 g/mol. The van der Waals surface area contributed by atoms with E-state index < -0.39 is 57.7 Å². The number of benzene rings is 8.